The summed E-state index contributed by atoms with van der Waals surface area (Å²) >= 11 is 4.13. The van der Waals surface area contributed by atoms with Gasteiger partial charge in [0, 0.05) is 13.1 Å². The van der Waals surface area contributed by atoms with E-state index in [1.165, 1.54) is 0 Å². The molecule has 0 radical (unpaired) electrons. The van der Waals surface area contributed by atoms with E-state index in [0.29, 0.717) is 11.6 Å². The van der Waals surface area contributed by atoms with Gasteiger partial charge in [0.2, 0.25) is 5.82 Å². The Morgan fingerprint density at radius 3 is 2.20 bits per heavy atom. The van der Waals surface area contributed by atoms with Crippen molar-refractivity contribution in [3.63, 3.8) is 0 Å². The van der Waals surface area contributed by atoms with Crippen molar-refractivity contribution in [3.05, 3.63) is 15.9 Å². The zero-order valence-corrected chi connectivity index (χ0v) is 13.2. The summed E-state index contributed by atoms with van der Waals surface area (Å²) in [5.74, 6) is 0.906. The minimum absolute atomic E-state index is 0.0915. The van der Waals surface area contributed by atoms with Crippen molar-refractivity contribution in [3.8, 4) is 0 Å². The summed E-state index contributed by atoms with van der Waals surface area (Å²) in [6.45, 7) is 7.45. The number of nitrogens with zero attached hydrogens (tertiary/aromatic N) is 4. The molecule has 0 amide bonds. The van der Waals surface area contributed by atoms with Crippen molar-refractivity contribution in [2.24, 2.45) is 0 Å². The van der Waals surface area contributed by atoms with Crippen LogP contribution in [0, 0.1) is 17.0 Å². The van der Waals surface area contributed by atoms with Crippen molar-refractivity contribution < 1.29 is 4.92 Å². The molecule has 1 rings (SSSR count). The molecule has 0 saturated heterocycles. The van der Waals surface area contributed by atoms with Crippen molar-refractivity contribution in [2.75, 3.05) is 18.0 Å². The summed E-state index contributed by atoms with van der Waals surface area (Å²) in [7, 11) is 0. The lowest BCUT2D eigenvalue weighted by Gasteiger charge is -2.23. The molecule has 0 fully saturated rings. The Hall–Kier alpha value is -1.37. The first-order valence-corrected chi connectivity index (χ1v) is 7.42. The van der Waals surface area contributed by atoms with Crippen molar-refractivity contribution in [1.82, 2.24) is 9.97 Å². The van der Waals surface area contributed by atoms with Gasteiger partial charge in [0.1, 0.15) is 5.82 Å². The van der Waals surface area contributed by atoms with Crippen molar-refractivity contribution in [2.45, 2.75) is 51.5 Å². The maximum Gasteiger partial charge on any atom is 0.343 e. The van der Waals surface area contributed by atoms with E-state index >= 15 is 0 Å². The third-order valence-electron chi connectivity index (χ3n) is 3.00. The average Bonchev–Trinajstić information content (AvgIpc) is 2.37. The smallest absolute Gasteiger partial charge is 0.343 e. The molecular formula is C13H22N4O2S. The first-order valence-electron chi connectivity index (χ1n) is 6.98. The van der Waals surface area contributed by atoms with Crippen LogP contribution >= 0.6 is 12.6 Å². The molecule has 0 saturated carbocycles. The standard InChI is InChI=1S/C13H22N4O2S/c1-4-6-8-16(9-7-5-2)12-11(17(18)19)13(20)15-10(3)14-12/h4-9H2,1-3H3,(H,14,15,20). The van der Waals surface area contributed by atoms with Crippen LogP contribution in [0.4, 0.5) is 11.5 Å². The van der Waals surface area contributed by atoms with Gasteiger partial charge in [-0.25, -0.2) is 9.97 Å². The van der Waals surface area contributed by atoms with Crippen LogP contribution in [0.15, 0.2) is 5.03 Å². The fourth-order valence-corrected chi connectivity index (χ4v) is 2.27. The van der Waals surface area contributed by atoms with Crippen LogP contribution in [0.2, 0.25) is 0 Å². The Morgan fingerprint density at radius 2 is 1.75 bits per heavy atom. The van der Waals surface area contributed by atoms with E-state index < -0.39 is 4.92 Å². The second kappa shape index (κ2) is 8.04. The third-order valence-corrected chi connectivity index (χ3v) is 3.32. The first-order chi connectivity index (χ1) is 9.51. The number of rotatable bonds is 8. The molecule has 0 aliphatic rings. The molecule has 20 heavy (non-hydrogen) atoms. The Kier molecular flexibility index (Phi) is 6.70. The highest BCUT2D eigenvalue weighted by atomic mass is 32.1. The molecule has 1 aromatic heterocycles. The van der Waals surface area contributed by atoms with E-state index in [9.17, 15) is 10.1 Å². The predicted molar refractivity (Wildman–Crippen MR) is 82.7 cm³/mol. The zero-order valence-electron chi connectivity index (χ0n) is 12.3. The van der Waals surface area contributed by atoms with Gasteiger partial charge in [-0.3, -0.25) is 10.1 Å². The van der Waals surface area contributed by atoms with Gasteiger partial charge in [0.15, 0.2) is 5.03 Å². The maximum atomic E-state index is 11.3. The van der Waals surface area contributed by atoms with Crippen LogP contribution in [0.25, 0.3) is 0 Å². The van der Waals surface area contributed by atoms with E-state index in [-0.39, 0.29) is 10.7 Å². The zero-order chi connectivity index (χ0) is 15.1. The molecule has 7 heteroatoms. The molecule has 1 aromatic rings. The summed E-state index contributed by atoms with van der Waals surface area (Å²) in [6.07, 6.45) is 4.03. The summed E-state index contributed by atoms with van der Waals surface area (Å²) in [5, 5.41) is 11.4. The van der Waals surface area contributed by atoms with Gasteiger partial charge in [-0.1, -0.05) is 26.7 Å². The number of nitro groups is 1. The van der Waals surface area contributed by atoms with Crippen LogP contribution in [-0.2, 0) is 0 Å². The van der Waals surface area contributed by atoms with Gasteiger partial charge in [0.05, 0.1) is 4.92 Å². The quantitative estimate of drug-likeness (QED) is 0.345. The van der Waals surface area contributed by atoms with Crippen molar-refractivity contribution >= 4 is 24.1 Å². The highest BCUT2D eigenvalue weighted by molar-refractivity contribution is 7.80. The molecular weight excluding hydrogens is 276 g/mol. The third kappa shape index (κ3) is 4.33. The summed E-state index contributed by atoms with van der Waals surface area (Å²) < 4.78 is 0. The summed E-state index contributed by atoms with van der Waals surface area (Å²) in [5.41, 5.74) is -0.0915. The second-order valence-corrected chi connectivity index (χ2v) is 5.14. The molecule has 0 aromatic carbocycles. The van der Waals surface area contributed by atoms with Crippen LogP contribution in [-0.4, -0.2) is 28.0 Å². The largest absolute Gasteiger partial charge is 0.351 e. The van der Waals surface area contributed by atoms with Crippen LogP contribution in [0.3, 0.4) is 0 Å². The second-order valence-electron chi connectivity index (χ2n) is 4.72. The molecule has 0 aliphatic carbocycles. The molecule has 0 spiro atoms. The lowest BCUT2D eigenvalue weighted by Crippen LogP contribution is -2.28. The van der Waals surface area contributed by atoms with E-state index in [0.717, 1.165) is 38.8 Å². The van der Waals surface area contributed by atoms with Gasteiger partial charge in [-0.2, -0.15) is 0 Å². The molecule has 112 valence electrons. The van der Waals surface area contributed by atoms with Crippen LogP contribution in [0.5, 0.6) is 0 Å². The Labute approximate surface area is 125 Å². The molecule has 0 aliphatic heterocycles. The van der Waals surface area contributed by atoms with E-state index in [2.05, 4.69) is 36.4 Å². The molecule has 1 heterocycles. The fraction of sp³-hybridized carbons (Fsp3) is 0.692. The monoisotopic (exact) mass is 298 g/mol. The minimum atomic E-state index is -0.442. The number of anilines is 1. The van der Waals surface area contributed by atoms with Gasteiger partial charge < -0.3 is 4.90 Å². The number of hydrogen-bond acceptors (Lipinski definition) is 6. The highest BCUT2D eigenvalue weighted by Gasteiger charge is 2.25. The lowest BCUT2D eigenvalue weighted by atomic mass is 10.2. The van der Waals surface area contributed by atoms with Gasteiger partial charge in [-0.05, 0) is 19.8 Å². The minimum Gasteiger partial charge on any atom is -0.351 e. The van der Waals surface area contributed by atoms with Gasteiger partial charge in [0.25, 0.3) is 0 Å². The molecule has 0 N–H and O–H groups in total. The Morgan fingerprint density at radius 1 is 1.20 bits per heavy atom. The van der Waals surface area contributed by atoms with E-state index in [1.54, 1.807) is 6.92 Å². The van der Waals surface area contributed by atoms with Crippen LogP contribution < -0.4 is 4.90 Å². The number of aryl methyl sites for hydroxylation is 1. The summed E-state index contributed by atoms with van der Waals surface area (Å²) in [6, 6.07) is 0. The average molecular weight is 298 g/mol. The lowest BCUT2D eigenvalue weighted by molar-refractivity contribution is -0.387. The number of unbranched alkanes of at least 4 members (excludes halogenated alkanes) is 2. The predicted octanol–water partition coefficient (Wildman–Crippen LogP) is 3.39. The van der Waals surface area contributed by atoms with Gasteiger partial charge >= 0.3 is 5.69 Å². The topological polar surface area (TPSA) is 72.2 Å². The number of hydrogen-bond donors (Lipinski definition) is 1. The normalized spacial score (nSPS) is 10.6. The van der Waals surface area contributed by atoms with E-state index in [1.807, 2.05) is 4.90 Å². The first kappa shape index (κ1) is 16.7. The Bertz CT molecular complexity index is 460. The molecule has 0 atom stereocenters. The fourth-order valence-electron chi connectivity index (χ4n) is 1.94. The highest BCUT2D eigenvalue weighted by Crippen LogP contribution is 2.31. The molecule has 0 unspecified atom stereocenters. The molecule has 0 bridgehead atoms. The summed E-state index contributed by atoms with van der Waals surface area (Å²) in [4.78, 5) is 21.1. The van der Waals surface area contributed by atoms with Crippen LogP contribution in [0.1, 0.15) is 45.4 Å². The van der Waals surface area contributed by atoms with Gasteiger partial charge in [-0.15, -0.1) is 12.6 Å². The maximum absolute atomic E-state index is 11.3. The van der Waals surface area contributed by atoms with Crippen molar-refractivity contribution in [1.29, 1.82) is 0 Å². The number of aromatic nitrogens is 2. The molecule has 6 nitrogen and oxygen atoms in total. The SMILES string of the molecule is CCCCN(CCCC)c1nc(C)nc(S)c1[N+](=O)[O-]. The van der Waals surface area contributed by atoms with E-state index in [4.69, 9.17) is 0 Å². The number of thiol groups is 1. The Balaban J connectivity index is 3.18.